The number of hydrogen-bond donors (Lipinski definition) is 1. The lowest BCUT2D eigenvalue weighted by Gasteiger charge is -2.37. The Hall–Kier alpha value is -0.610. The van der Waals surface area contributed by atoms with Crippen molar-refractivity contribution in [2.24, 2.45) is 5.92 Å². The second-order valence-corrected chi connectivity index (χ2v) is 5.07. The number of nitrogens with zero attached hydrogens (tertiary/aromatic N) is 1. The third-order valence-electron chi connectivity index (χ3n) is 4.05. The summed E-state index contributed by atoms with van der Waals surface area (Å²) in [6.07, 6.45) is 3.19. The molecule has 0 bridgehead atoms. The molecule has 2 aliphatic heterocycles. The van der Waals surface area contributed by atoms with E-state index in [9.17, 15) is 4.79 Å². The van der Waals surface area contributed by atoms with Crippen molar-refractivity contribution in [3.63, 3.8) is 0 Å². The van der Waals surface area contributed by atoms with Crippen LogP contribution in [0.2, 0.25) is 0 Å². The predicted molar refractivity (Wildman–Crippen MR) is 60.3 cm³/mol. The van der Waals surface area contributed by atoms with Crippen LogP contribution in [0.5, 0.6) is 0 Å². The molecular formula is C12H21NO3. The summed E-state index contributed by atoms with van der Waals surface area (Å²) in [4.78, 5) is 13.4. The molecule has 0 spiro atoms. The number of rotatable bonds is 2. The fraction of sp³-hybridized carbons (Fsp3) is 0.917. The number of hydrogen-bond acceptors (Lipinski definition) is 3. The summed E-state index contributed by atoms with van der Waals surface area (Å²) in [6.45, 7) is 5.88. The van der Waals surface area contributed by atoms with E-state index in [1.807, 2.05) is 6.92 Å². The number of carboxylic acid groups (broad SMARTS) is 1. The Morgan fingerprint density at radius 3 is 2.69 bits per heavy atom. The molecule has 2 fully saturated rings. The van der Waals surface area contributed by atoms with Gasteiger partial charge < -0.3 is 9.84 Å². The SMILES string of the molecule is CC1CC(N2CCC(C(=O)O)C2C)CCO1. The largest absolute Gasteiger partial charge is 0.481 e. The molecule has 4 nitrogen and oxygen atoms in total. The quantitative estimate of drug-likeness (QED) is 0.773. The van der Waals surface area contributed by atoms with E-state index in [1.165, 1.54) is 0 Å². The van der Waals surface area contributed by atoms with Gasteiger partial charge in [0.15, 0.2) is 0 Å². The smallest absolute Gasteiger partial charge is 0.308 e. The standard InChI is InChI=1S/C12H21NO3/c1-8-7-10(4-6-16-8)13-5-3-11(9(13)2)12(14)15/h8-11H,3-7H2,1-2H3,(H,14,15). The van der Waals surface area contributed by atoms with Crippen molar-refractivity contribution in [3.05, 3.63) is 0 Å². The molecule has 0 aromatic heterocycles. The van der Waals surface area contributed by atoms with Crippen molar-refractivity contribution in [1.82, 2.24) is 4.90 Å². The molecule has 2 rings (SSSR count). The molecule has 0 amide bonds. The van der Waals surface area contributed by atoms with E-state index in [-0.39, 0.29) is 12.0 Å². The molecule has 16 heavy (non-hydrogen) atoms. The summed E-state index contributed by atoms with van der Waals surface area (Å²) in [6, 6.07) is 0.691. The van der Waals surface area contributed by atoms with Gasteiger partial charge in [0, 0.05) is 18.7 Å². The first-order chi connectivity index (χ1) is 7.59. The topological polar surface area (TPSA) is 49.8 Å². The zero-order valence-electron chi connectivity index (χ0n) is 10.1. The summed E-state index contributed by atoms with van der Waals surface area (Å²) in [5.41, 5.74) is 0. The van der Waals surface area contributed by atoms with Crippen molar-refractivity contribution < 1.29 is 14.6 Å². The van der Waals surface area contributed by atoms with E-state index in [4.69, 9.17) is 9.84 Å². The highest BCUT2D eigenvalue weighted by atomic mass is 16.5. The first-order valence-corrected chi connectivity index (χ1v) is 6.19. The fourth-order valence-electron chi connectivity index (χ4n) is 3.08. The summed E-state index contributed by atoms with van der Waals surface area (Å²) < 4.78 is 5.53. The van der Waals surface area contributed by atoms with Crippen molar-refractivity contribution in [3.8, 4) is 0 Å². The van der Waals surface area contributed by atoms with Gasteiger partial charge in [0.2, 0.25) is 0 Å². The molecule has 4 atom stereocenters. The van der Waals surface area contributed by atoms with Crippen molar-refractivity contribution in [1.29, 1.82) is 0 Å². The Labute approximate surface area is 96.6 Å². The molecule has 0 aliphatic carbocycles. The minimum Gasteiger partial charge on any atom is -0.481 e. The molecule has 0 aromatic rings. The molecule has 2 heterocycles. The molecule has 1 N–H and O–H groups in total. The Morgan fingerprint density at radius 1 is 1.38 bits per heavy atom. The molecule has 2 saturated heterocycles. The summed E-state index contributed by atoms with van der Waals surface area (Å²) in [5.74, 6) is -0.826. The molecule has 4 unspecified atom stereocenters. The fourth-order valence-corrected chi connectivity index (χ4v) is 3.08. The van der Waals surface area contributed by atoms with Crippen LogP contribution in [0.3, 0.4) is 0 Å². The van der Waals surface area contributed by atoms with Crippen molar-refractivity contribution >= 4 is 5.97 Å². The third-order valence-corrected chi connectivity index (χ3v) is 4.05. The number of carboxylic acids is 1. The van der Waals surface area contributed by atoms with Crippen LogP contribution in [-0.4, -0.2) is 47.3 Å². The van der Waals surface area contributed by atoms with E-state index in [2.05, 4.69) is 11.8 Å². The van der Waals surface area contributed by atoms with Gasteiger partial charge in [0.05, 0.1) is 12.0 Å². The van der Waals surface area contributed by atoms with Gasteiger partial charge in [0.25, 0.3) is 0 Å². The maximum atomic E-state index is 11.1. The van der Waals surface area contributed by atoms with Gasteiger partial charge >= 0.3 is 5.97 Å². The molecule has 4 heteroatoms. The maximum Gasteiger partial charge on any atom is 0.308 e. The van der Waals surface area contributed by atoms with Crippen LogP contribution in [0.15, 0.2) is 0 Å². The highest BCUT2D eigenvalue weighted by molar-refractivity contribution is 5.71. The minimum absolute atomic E-state index is 0.174. The van der Waals surface area contributed by atoms with Crippen molar-refractivity contribution in [2.75, 3.05) is 13.2 Å². The van der Waals surface area contributed by atoms with Crippen LogP contribution in [0.25, 0.3) is 0 Å². The van der Waals surface area contributed by atoms with Gasteiger partial charge in [0.1, 0.15) is 0 Å². The second kappa shape index (κ2) is 4.72. The summed E-state index contributed by atoms with van der Waals surface area (Å²) in [7, 11) is 0. The van der Waals surface area contributed by atoms with E-state index in [1.54, 1.807) is 0 Å². The van der Waals surface area contributed by atoms with Gasteiger partial charge in [-0.25, -0.2) is 0 Å². The molecule has 0 radical (unpaired) electrons. The van der Waals surface area contributed by atoms with E-state index in [0.29, 0.717) is 12.1 Å². The lowest BCUT2D eigenvalue weighted by Crippen LogP contribution is -2.45. The Kier molecular flexibility index (Phi) is 3.50. The Bertz CT molecular complexity index is 269. The van der Waals surface area contributed by atoms with Crippen LogP contribution >= 0.6 is 0 Å². The number of ether oxygens (including phenoxy) is 1. The van der Waals surface area contributed by atoms with Gasteiger partial charge in [-0.3, -0.25) is 9.69 Å². The molecular weight excluding hydrogens is 206 g/mol. The monoisotopic (exact) mass is 227 g/mol. The van der Waals surface area contributed by atoms with Crippen LogP contribution in [0.1, 0.15) is 33.1 Å². The Balaban J connectivity index is 1.97. The van der Waals surface area contributed by atoms with Gasteiger partial charge in [-0.2, -0.15) is 0 Å². The zero-order valence-corrected chi connectivity index (χ0v) is 10.1. The van der Waals surface area contributed by atoms with Crippen LogP contribution < -0.4 is 0 Å². The van der Waals surface area contributed by atoms with Gasteiger partial charge in [-0.15, -0.1) is 0 Å². The van der Waals surface area contributed by atoms with Gasteiger partial charge in [-0.1, -0.05) is 0 Å². The number of likely N-dealkylation sites (tertiary alicyclic amines) is 1. The second-order valence-electron chi connectivity index (χ2n) is 5.07. The first-order valence-electron chi connectivity index (χ1n) is 6.19. The van der Waals surface area contributed by atoms with E-state index in [0.717, 1.165) is 32.4 Å². The number of aliphatic carboxylic acids is 1. The van der Waals surface area contributed by atoms with Crippen LogP contribution in [0.4, 0.5) is 0 Å². The lowest BCUT2D eigenvalue weighted by molar-refractivity contribution is -0.142. The summed E-state index contributed by atoms with van der Waals surface area (Å²) in [5, 5.41) is 9.10. The highest BCUT2D eigenvalue weighted by Crippen LogP contribution is 2.30. The van der Waals surface area contributed by atoms with Crippen molar-refractivity contribution in [2.45, 2.75) is 51.3 Å². The highest BCUT2D eigenvalue weighted by Gasteiger charge is 2.39. The Morgan fingerprint density at radius 2 is 2.12 bits per heavy atom. The zero-order chi connectivity index (χ0) is 11.7. The molecule has 2 aliphatic rings. The minimum atomic E-state index is -0.643. The molecule has 0 aromatic carbocycles. The van der Waals surface area contributed by atoms with Gasteiger partial charge in [-0.05, 0) is 39.7 Å². The van der Waals surface area contributed by atoms with E-state index >= 15 is 0 Å². The number of carbonyl (C=O) groups is 1. The summed E-state index contributed by atoms with van der Waals surface area (Å²) >= 11 is 0. The maximum absolute atomic E-state index is 11.1. The average molecular weight is 227 g/mol. The lowest BCUT2D eigenvalue weighted by atomic mass is 9.99. The van der Waals surface area contributed by atoms with E-state index < -0.39 is 5.97 Å². The first kappa shape index (κ1) is 11.9. The predicted octanol–water partition coefficient (Wildman–Crippen LogP) is 1.35. The molecule has 0 saturated carbocycles. The normalized spacial score (nSPS) is 41.1. The average Bonchev–Trinajstić information content (AvgIpc) is 2.60. The van der Waals surface area contributed by atoms with Crippen LogP contribution in [0, 0.1) is 5.92 Å². The third kappa shape index (κ3) is 2.23. The van der Waals surface area contributed by atoms with Crippen LogP contribution in [-0.2, 0) is 9.53 Å². The molecule has 92 valence electrons.